The van der Waals surface area contributed by atoms with E-state index in [2.05, 4.69) is 10.2 Å². The molecule has 0 aliphatic heterocycles. The van der Waals surface area contributed by atoms with Crippen LogP contribution in [0.1, 0.15) is 37.2 Å². The molecule has 2 aromatic carbocycles. The molecule has 5 nitrogen and oxygen atoms in total. The third-order valence-corrected chi connectivity index (χ3v) is 4.52. The maximum absolute atomic E-state index is 11.4. The molecule has 0 bridgehead atoms. The molecule has 1 heterocycles. The van der Waals surface area contributed by atoms with Crippen molar-refractivity contribution in [2.75, 3.05) is 0 Å². The second-order valence-electron chi connectivity index (χ2n) is 6.04. The first-order valence-electron chi connectivity index (χ1n) is 7.88. The first kappa shape index (κ1) is 13.9. The Morgan fingerprint density at radius 1 is 1.00 bits per heavy atom. The molecule has 1 aliphatic carbocycles. The van der Waals surface area contributed by atoms with Gasteiger partial charge in [0.15, 0.2) is 0 Å². The van der Waals surface area contributed by atoms with E-state index in [4.69, 9.17) is 0 Å². The van der Waals surface area contributed by atoms with E-state index < -0.39 is 0 Å². The van der Waals surface area contributed by atoms with E-state index in [9.17, 15) is 9.90 Å². The molecule has 116 valence electrons. The molecule has 0 atom stereocenters. The highest BCUT2D eigenvalue weighted by Gasteiger charge is 2.21. The summed E-state index contributed by atoms with van der Waals surface area (Å²) in [6.07, 6.45) is 3.03. The summed E-state index contributed by atoms with van der Waals surface area (Å²) in [6, 6.07) is 13.2. The smallest absolute Gasteiger partial charge is 0.143 e. The molecule has 0 unspecified atom stereocenters. The summed E-state index contributed by atoms with van der Waals surface area (Å²) in [7, 11) is 0. The Morgan fingerprint density at radius 3 is 2.30 bits per heavy atom. The molecule has 1 saturated carbocycles. The number of fused-ring (bicyclic) bond motifs is 1. The lowest BCUT2D eigenvalue weighted by Gasteiger charge is -2.21. The highest BCUT2D eigenvalue weighted by atomic mass is 16.3. The largest absolute Gasteiger partial charge is 0.506 e. The summed E-state index contributed by atoms with van der Waals surface area (Å²) < 4.78 is 0. The van der Waals surface area contributed by atoms with Crippen LogP contribution < -0.4 is 0 Å². The lowest BCUT2D eigenvalue weighted by atomic mass is 9.83. The predicted molar refractivity (Wildman–Crippen MR) is 86.7 cm³/mol. The first-order chi connectivity index (χ1) is 11.2. The van der Waals surface area contributed by atoms with E-state index in [0.29, 0.717) is 30.2 Å². The van der Waals surface area contributed by atoms with Crippen LogP contribution >= 0.6 is 0 Å². The van der Waals surface area contributed by atoms with Crippen LogP contribution in [-0.2, 0) is 4.79 Å². The van der Waals surface area contributed by atoms with Crippen LogP contribution in [0.15, 0.2) is 42.5 Å². The van der Waals surface area contributed by atoms with Crippen molar-refractivity contribution >= 4 is 16.8 Å². The molecule has 23 heavy (non-hydrogen) atoms. The second-order valence-corrected chi connectivity index (χ2v) is 6.04. The molecule has 0 radical (unpaired) electrons. The zero-order chi connectivity index (χ0) is 15.8. The number of hydrogen-bond acceptors (Lipinski definition) is 4. The maximum Gasteiger partial charge on any atom is 0.143 e. The van der Waals surface area contributed by atoms with E-state index in [-0.39, 0.29) is 5.75 Å². The summed E-state index contributed by atoms with van der Waals surface area (Å²) in [6.45, 7) is 0. The van der Waals surface area contributed by atoms with Crippen molar-refractivity contribution in [1.29, 1.82) is 0 Å². The zero-order valence-corrected chi connectivity index (χ0v) is 12.6. The minimum Gasteiger partial charge on any atom is -0.506 e. The Labute approximate surface area is 133 Å². The van der Waals surface area contributed by atoms with Gasteiger partial charge in [-0.05, 0) is 48.6 Å². The van der Waals surface area contributed by atoms with Gasteiger partial charge in [-0.15, -0.1) is 15.0 Å². The predicted octanol–water partition coefficient (Wildman–Crippen LogP) is 3.35. The van der Waals surface area contributed by atoms with Gasteiger partial charge in [-0.3, -0.25) is 4.79 Å². The van der Waals surface area contributed by atoms with E-state index in [1.54, 1.807) is 6.07 Å². The number of nitrogens with zero attached hydrogens (tertiary/aromatic N) is 3. The average Bonchev–Trinajstić information content (AvgIpc) is 3.00. The number of Topliss-reactive ketones (excluding diaryl/α,β-unsaturated/α-hetero) is 1. The first-order valence-corrected chi connectivity index (χ1v) is 7.88. The van der Waals surface area contributed by atoms with Gasteiger partial charge in [0.1, 0.15) is 28.3 Å². The summed E-state index contributed by atoms with van der Waals surface area (Å²) in [4.78, 5) is 12.9. The van der Waals surface area contributed by atoms with Crippen molar-refractivity contribution in [2.24, 2.45) is 0 Å². The molecule has 1 fully saturated rings. The monoisotopic (exact) mass is 307 g/mol. The van der Waals surface area contributed by atoms with E-state index in [1.807, 2.05) is 36.4 Å². The zero-order valence-electron chi connectivity index (χ0n) is 12.6. The fraction of sp³-hybridized carbons (Fsp3) is 0.278. The van der Waals surface area contributed by atoms with Crippen LogP contribution in [0.3, 0.4) is 0 Å². The summed E-state index contributed by atoms with van der Waals surface area (Å²) in [5, 5.41) is 19.1. The molecular weight excluding hydrogens is 290 g/mol. The number of carbonyl (C=O) groups excluding carboxylic acids is 1. The lowest BCUT2D eigenvalue weighted by molar-refractivity contribution is -0.120. The van der Waals surface area contributed by atoms with Crippen LogP contribution in [0.4, 0.5) is 0 Å². The van der Waals surface area contributed by atoms with Gasteiger partial charge < -0.3 is 5.11 Å². The van der Waals surface area contributed by atoms with Crippen molar-refractivity contribution in [3.63, 3.8) is 0 Å². The summed E-state index contributed by atoms with van der Waals surface area (Å²) >= 11 is 0. The molecule has 0 amide bonds. The minimum absolute atomic E-state index is 0.154. The molecular formula is C18H17N3O2. The Balaban J connectivity index is 1.73. The molecule has 3 aromatic rings. The molecule has 5 heteroatoms. The van der Waals surface area contributed by atoms with E-state index in [1.165, 1.54) is 4.80 Å². The van der Waals surface area contributed by atoms with Crippen LogP contribution in [0.25, 0.3) is 16.7 Å². The van der Waals surface area contributed by atoms with Gasteiger partial charge in [-0.1, -0.05) is 18.2 Å². The van der Waals surface area contributed by atoms with Crippen LogP contribution in [0, 0.1) is 0 Å². The van der Waals surface area contributed by atoms with Crippen molar-refractivity contribution in [1.82, 2.24) is 15.0 Å². The number of carbonyl (C=O) groups is 1. The second kappa shape index (κ2) is 5.50. The topological polar surface area (TPSA) is 68.0 Å². The minimum atomic E-state index is 0.154. The third-order valence-electron chi connectivity index (χ3n) is 4.52. The highest BCUT2D eigenvalue weighted by molar-refractivity contribution is 5.79. The van der Waals surface area contributed by atoms with Crippen molar-refractivity contribution < 1.29 is 9.90 Å². The van der Waals surface area contributed by atoms with Gasteiger partial charge in [0.05, 0.1) is 0 Å². The van der Waals surface area contributed by atoms with E-state index >= 15 is 0 Å². The molecule has 4 rings (SSSR count). The molecule has 1 aliphatic rings. The van der Waals surface area contributed by atoms with Crippen molar-refractivity contribution in [3.05, 3.63) is 48.0 Å². The highest BCUT2D eigenvalue weighted by Crippen LogP contribution is 2.34. The normalized spacial score (nSPS) is 16.1. The van der Waals surface area contributed by atoms with Crippen LogP contribution in [-0.4, -0.2) is 25.9 Å². The number of aromatic nitrogens is 3. The van der Waals surface area contributed by atoms with Gasteiger partial charge in [0.2, 0.25) is 0 Å². The number of hydrogen-bond donors (Lipinski definition) is 1. The van der Waals surface area contributed by atoms with Crippen LogP contribution in [0.2, 0.25) is 0 Å². The van der Waals surface area contributed by atoms with Gasteiger partial charge in [-0.2, -0.15) is 0 Å². The summed E-state index contributed by atoms with van der Waals surface area (Å²) in [5.41, 5.74) is 3.29. The fourth-order valence-electron chi connectivity index (χ4n) is 3.20. The third kappa shape index (κ3) is 2.59. The average molecular weight is 307 g/mol. The fourth-order valence-corrected chi connectivity index (χ4v) is 3.20. The van der Waals surface area contributed by atoms with Crippen molar-refractivity contribution in [3.8, 4) is 11.4 Å². The van der Waals surface area contributed by atoms with Gasteiger partial charge in [0.25, 0.3) is 0 Å². The molecule has 0 saturated heterocycles. The standard InChI is InChI=1S/C18H17N3O2/c22-14-8-5-12(6-9-14)13-7-10-18(23)17(11-13)21-19-15-3-1-2-4-16(15)20-21/h1-4,7,10-12,23H,5-6,8-9H2. The number of phenolic OH excluding ortho intramolecular Hbond substituents is 1. The quantitative estimate of drug-likeness (QED) is 0.788. The van der Waals surface area contributed by atoms with Gasteiger partial charge in [-0.25, -0.2) is 0 Å². The summed E-state index contributed by atoms with van der Waals surface area (Å²) in [5.74, 6) is 0.859. The van der Waals surface area contributed by atoms with Gasteiger partial charge in [0, 0.05) is 12.8 Å². The Morgan fingerprint density at radius 2 is 1.65 bits per heavy atom. The molecule has 1 N–H and O–H groups in total. The number of benzene rings is 2. The number of phenols is 1. The Kier molecular flexibility index (Phi) is 3.33. The number of aromatic hydroxyl groups is 1. The molecule has 1 aromatic heterocycles. The Hall–Kier alpha value is -2.69. The van der Waals surface area contributed by atoms with E-state index in [0.717, 1.165) is 29.4 Å². The van der Waals surface area contributed by atoms with Crippen LogP contribution in [0.5, 0.6) is 5.75 Å². The SMILES string of the molecule is O=C1CCC(c2ccc(O)c(-n3nc4ccccc4n3)c2)CC1. The lowest BCUT2D eigenvalue weighted by Crippen LogP contribution is -2.12. The Bertz CT molecular complexity index is 842. The molecule has 0 spiro atoms. The van der Waals surface area contributed by atoms with Crippen molar-refractivity contribution in [2.45, 2.75) is 31.6 Å². The number of rotatable bonds is 2. The maximum atomic E-state index is 11.4. The number of ketones is 1. The van der Waals surface area contributed by atoms with Gasteiger partial charge >= 0.3 is 0 Å².